The van der Waals surface area contributed by atoms with Crippen molar-refractivity contribution in [2.45, 2.75) is 59.1 Å². The van der Waals surface area contributed by atoms with Crippen molar-refractivity contribution in [3.05, 3.63) is 41.3 Å². The van der Waals surface area contributed by atoms with E-state index in [1.54, 1.807) is 13.0 Å². The molecule has 1 aliphatic heterocycles. The number of allylic oxidation sites excluding steroid dienone is 3. The van der Waals surface area contributed by atoms with Crippen LogP contribution >= 0.6 is 0 Å². The Morgan fingerprint density at radius 3 is 2.72 bits per heavy atom. The third-order valence-electron chi connectivity index (χ3n) is 5.50. The molecule has 3 rings (SSSR count). The van der Waals surface area contributed by atoms with Gasteiger partial charge in [0.05, 0.1) is 18.2 Å². The number of carbonyl (C=O) groups is 2. The minimum absolute atomic E-state index is 0.0308. The number of aryl methyl sites for hydroxylation is 1. The summed E-state index contributed by atoms with van der Waals surface area (Å²) in [5, 5.41) is 16.8. The van der Waals surface area contributed by atoms with Gasteiger partial charge < -0.3 is 19.8 Å². The highest BCUT2D eigenvalue weighted by Crippen LogP contribution is 2.30. The fourth-order valence-corrected chi connectivity index (χ4v) is 3.81. The number of β-amino-alcohol motifs (C(OH)–C–C–N with tert-alkyl or cyclic N) is 1. The monoisotopic (exact) mass is 401 g/mol. The van der Waals surface area contributed by atoms with Gasteiger partial charge in [-0.05, 0) is 30.3 Å². The maximum absolute atomic E-state index is 12.7. The lowest BCUT2D eigenvalue weighted by molar-refractivity contribution is -0.138. The van der Waals surface area contributed by atoms with E-state index in [0.29, 0.717) is 18.0 Å². The van der Waals surface area contributed by atoms with Gasteiger partial charge in [0.15, 0.2) is 0 Å². The lowest BCUT2D eigenvalue weighted by Crippen LogP contribution is -2.47. The zero-order chi connectivity index (χ0) is 21.2. The van der Waals surface area contributed by atoms with E-state index in [4.69, 9.17) is 4.52 Å². The molecule has 7 nitrogen and oxygen atoms in total. The molecule has 2 amide bonds. The molecule has 0 aromatic carbocycles. The van der Waals surface area contributed by atoms with Crippen LogP contribution in [0.5, 0.6) is 0 Å². The van der Waals surface area contributed by atoms with Gasteiger partial charge in [0, 0.05) is 25.6 Å². The first-order valence-electron chi connectivity index (χ1n) is 10.2. The second kappa shape index (κ2) is 8.53. The number of carbonyl (C=O) groups excluding carboxylic acids is 2. The highest BCUT2D eigenvalue weighted by Gasteiger charge is 2.39. The first-order chi connectivity index (χ1) is 13.6. The first-order valence-corrected chi connectivity index (χ1v) is 10.2. The van der Waals surface area contributed by atoms with Gasteiger partial charge >= 0.3 is 0 Å². The Labute approximate surface area is 171 Å². The van der Waals surface area contributed by atoms with E-state index in [1.165, 1.54) is 10.5 Å². The largest absolute Gasteiger partial charge is 0.391 e. The molecule has 1 unspecified atom stereocenters. The molecule has 158 valence electrons. The van der Waals surface area contributed by atoms with E-state index in [-0.39, 0.29) is 42.5 Å². The van der Waals surface area contributed by atoms with Crippen LogP contribution < -0.4 is 5.32 Å². The van der Waals surface area contributed by atoms with E-state index < -0.39 is 12.1 Å². The fourth-order valence-electron chi connectivity index (χ4n) is 3.81. The van der Waals surface area contributed by atoms with Gasteiger partial charge in [-0.2, -0.15) is 0 Å². The van der Waals surface area contributed by atoms with Crippen LogP contribution in [0, 0.1) is 18.3 Å². The maximum atomic E-state index is 12.7. The summed E-state index contributed by atoms with van der Waals surface area (Å²) in [7, 11) is 0. The number of rotatable bonds is 5. The molecule has 29 heavy (non-hydrogen) atoms. The van der Waals surface area contributed by atoms with Gasteiger partial charge in [0.1, 0.15) is 11.8 Å². The van der Waals surface area contributed by atoms with Crippen molar-refractivity contribution in [2.24, 2.45) is 11.3 Å². The van der Waals surface area contributed by atoms with Crippen LogP contribution in [-0.2, 0) is 16.0 Å². The molecule has 0 bridgehead atoms. The van der Waals surface area contributed by atoms with Crippen LogP contribution in [0.15, 0.2) is 34.4 Å². The predicted octanol–water partition coefficient (Wildman–Crippen LogP) is 2.15. The third kappa shape index (κ3) is 5.35. The summed E-state index contributed by atoms with van der Waals surface area (Å²) in [6.45, 7) is 9.00. The molecule has 0 saturated carbocycles. The molecule has 1 fully saturated rings. The summed E-state index contributed by atoms with van der Waals surface area (Å²) < 4.78 is 5.10. The number of nitrogens with one attached hydrogen (secondary N) is 1. The van der Waals surface area contributed by atoms with Crippen molar-refractivity contribution in [1.29, 1.82) is 0 Å². The number of likely N-dealkylation sites (tertiary alicyclic amines) is 1. The number of aromatic nitrogens is 1. The summed E-state index contributed by atoms with van der Waals surface area (Å²) in [5.41, 5.74) is 2.12. The van der Waals surface area contributed by atoms with Gasteiger partial charge in [-0.25, -0.2) is 0 Å². The lowest BCUT2D eigenvalue weighted by atomic mass is 9.81. The number of aliphatic hydroxyl groups excluding tert-OH is 1. The van der Waals surface area contributed by atoms with Crippen molar-refractivity contribution in [2.75, 3.05) is 13.1 Å². The zero-order valence-electron chi connectivity index (χ0n) is 17.6. The van der Waals surface area contributed by atoms with E-state index in [2.05, 4.69) is 49.5 Å². The molecular weight excluding hydrogens is 370 g/mol. The Balaban J connectivity index is 1.54. The van der Waals surface area contributed by atoms with Crippen LogP contribution in [0.25, 0.3) is 0 Å². The van der Waals surface area contributed by atoms with Crippen LogP contribution in [0.3, 0.4) is 0 Å². The quantitative estimate of drug-likeness (QED) is 0.788. The number of hydrogen-bond donors (Lipinski definition) is 2. The molecule has 1 saturated heterocycles. The summed E-state index contributed by atoms with van der Waals surface area (Å²) in [6.07, 6.45) is 6.96. The normalized spacial score (nSPS) is 24.5. The van der Waals surface area contributed by atoms with Crippen LogP contribution in [0.4, 0.5) is 0 Å². The molecule has 1 aliphatic carbocycles. The van der Waals surface area contributed by atoms with Gasteiger partial charge in [0.25, 0.3) is 0 Å². The van der Waals surface area contributed by atoms with Gasteiger partial charge in [-0.15, -0.1) is 0 Å². The number of aliphatic hydroxyl groups is 1. The highest BCUT2D eigenvalue weighted by molar-refractivity contribution is 5.89. The molecule has 0 spiro atoms. The smallest absolute Gasteiger partial charge is 0.242 e. The van der Waals surface area contributed by atoms with E-state index in [9.17, 15) is 14.7 Å². The number of nitrogens with zero attached hydrogens (tertiary/aromatic N) is 2. The molecule has 2 heterocycles. The Bertz CT molecular complexity index is 818. The molecule has 7 heteroatoms. The Morgan fingerprint density at radius 2 is 2.14 bits per heavy atom. The molecule has 1 aromatic rings. The molecule has 1 aromatic heterocycles. The van der Waals surface area contributed by atoms with Gasteiger partial charge in [-0.3, -0.25) is 9.59 Å². The summed E-state index contributed by atoms with van der Waals surface area (Å²) in [4.78, 5) is 26.8. The second-order valence-electron chi connectivity index (χ2n) is 9.07. The predicted molar refractivity (Wildman–Crippen MR) is 109 cm³/mol. The van der Waals surface area contributed by atoms with Crippen LogP contribution in [0.1, 0.15) is 45.1 Å². The maximum Gasteiger partial charge on any atom is 0.242 e. The minimum atomic E-state index is -0.696. The SMILES string of the molecule is Cc1cc(CC(=O)N2C[C@H](O)C[C@H]2C(=O)NCC2C=CC(C(C)(C)C)=CC2)on1. The second-order valence-corrected chi connectivity index (χ2v) is 9.07. The Kier molecular flexibility index (Phi) is 6.27. The number of hydrogen-bond acceptors (Lipinski definition) is 5. The Morgan fingerprint density at radius 1 is 1.38 bits per heavy atom. The summed E-state index contributed by atoms with van der Waals surface area (Å²) in [6, 6.07) is 1.05. The number of amides is 2. The van der Waals surface area contributed by atoms with Crippen molar-refractivity contribution in [3.8, 4) is 0 Å². The van der Waals surface area contributed by atoms with E-state index >= 15 is 0 Å². The summed E-state index contributed by atoms with van der Waals surface area (Å²) in [5.74, 6) is 0.232. The lowest BCUT2D eigenvalue weighted by Gasteiger charge is -2.26. The van der Waals surface area contributed by atoms with E-state index in [1.807, 2.05) is 0 Å². The average Bonchev–Trinajstić information content (AvgIpc) is 3.24. The molecule has 3 atom stereocenters. The first kappa shape index (κ1) is 21.3. The van der Waals surface area contributed by atoms with E-state index in [0.717, 1.165) is 6.42 Å². The Hall–Kier alpha value is -2.41. The standard InChI is InChI=1S/C22H31N3O4/c1-14-9-18(29-24-14)11-20(27)25-13-17(26)10-19(25)21(28)23-12-15-5-7-16(8-6-15)22(2,3)4/h5,7-9,15,17,19,26H,6,10-13H2,1-4H3,(H,23,28)/t15?,17-,19+/m1/s1. The molecule has 0 radical (unpaired) electrons. The third-order valence-corrected chi connectivity index (χ3v) is 5.50. The van der Waals surface area contributed by atoms with Gasteiger partial charge in [0.2, 0.25) is 11.8 Å². The van der Waals surface area contributed by atoms with Crippen molar-refractivity contribution >= 4 is 11.8 Å². The van der Waals surface area contributed by atoms with Crippen molar-refractivity contribution < 1.29 is 19.2 Å². The minimum Gasteiger partial charge on any atom is -0.391 e. The molecule has 2 aliphatic rings. The van der Waals surface area contributed by atoms with Crippen molar-refractivity contribution in [3.63, 3.8) is 0 Å². The highest BCUT2D eigenvalue weighted by atomic mass is 16.5. The van der Waals surface area contributed by atoms with Crippen LogP contribution in [0.2, 0.25) is 0 Å². The van der Waals surface area contributed by atoms with Crippen LogP contribution in [-0.4, -0.2) is 52.2 Å². The van der Waals surface area contributed by atoms with Crippen molar-refractivity contribution in [1.82, 2.24) is 15.4 Å². The molecular formula is C22H31N3O4. The topological polar surface area (TPSA) is 95.7 Å². The summed E-state index contributed by atoms with van der Waals surface area (Å²) >= 11 is 0. The fraction of sp³-hybridized carbons (Fsp3) is 0.591. The van der Waals surface area contributed by atoms with Gasteiger partial charge in [-0.1, -0.05) is 44.2 Å². The molecule has 2 N–H and O–H groups in total. The zero-order valence-corrected chi connectivity index (χ0v) is 17.6. The average molecular weight is 402 g/mol.